The zero-order valence-corrected chi connectivity index (χ0v) is 17.4. The lowest BCUT2D eigenvalue weighted by Gasteiger charge is -2.12. The Balaban J connectivity index is 2.04. The highest BCUT2D eigenvalue weighted by molar-refractivity contribution is 7.92. The molecule has 0 aliphatic rings. The highest BCUT2D eigenvalue weighted by Crippen LogP contribution is 2.24. The topological polar surface area (TPSA) is 89.5 Å². The van der Waals surface area contributed by atoms with Gasteiger partial charge in [0.05, 0.1) is 6.26 Å². The number of rotatable bonds is 8. The van der Waals surface area contributed by atoms with E-state index in [2.05, 4.69) is 11.6 Å². The Labute approximate surface area is 163 Å². The average molecular weight is 410 g/mol. The van der Waals surface area contributed by atoms with Crippen molar-refractivity contribution in [3.05, 3.63) is 51.2 Å². The van der Waals surface area contributed by atoms with Crippen molar-refractivity contribution in [2.24, 2.45) is 0 Å². The van der Waals surface area contributed by atoms with E-state index >= 15 is 0 Å². The molecular formula is C19H23NO5S2. The van der Waals surface area contributed by atoms with Crippen molar-refractivity contribution < 1.29 is 22.7 Å². The highest BCUT2D eigenvalue weighted by Gasteiger charge is 2.22. The van der Waals surface area contributed by atoms with Crippen molar-refractivity contribution in [1.82, 2.24) is 0 Å². The van der Waals surface area contributed by atoms with E-state index in [4.69, 9.17) is 4.74 Å². The molecule has 27 heavy (non-hydrogen) atoms. The zero-order valence-electron chi connectivity index (χ0n) is 15.7. The fourth-order valence-corrected chi connectivity index (χ4v) is 4.08. The van der Waals surface area contributed by atoms with Crippen molar-refractivity contribution in [1.29, 1.82) is 0 Å². The van der Waals surface area contributed by atoms with Crippen LogP contribution in [-0.2, 0) is 21.2 Å². The third kappa shape index (κ3) is 5.90. The van der Waals surface area contributed by atoms with Crippen LogP contribution in [0.25, 0.3) is 0 Å². The Morgan fingerprint density at radius 3 is 2.41 bits per heavy atom. The number of nitrogens with one attached hydrogen (secondary N) is 1. The first-order valence-electron chi connectivity index (χ1n) is 8.53. The molecule has 1 heterocycles. The minimum Gasteiger partial charge on any atom is -0.450 e. The van der Waals surface area contributed by atoms with Gasteiger partial charge in [-0.2, -0.15) is 0 Å². The Morgan fingerprint density at radius 1 is 1.22 bits per heavy atom. The van der Waals surface area contributed by atoms with E-state index in [0.717, 1.165) is 29.5 Å². The van der Waals surface area contributed by atoms with Crippen LogP contribution in [0.15, 0.2) is 30.3 Å². The summed E-state index contributed by atoms with van der Waals surface area (Å²) in [6.07, 6.45) is 2.00. The predicted octanol–water partition coefficient (Wildman–Crippen LogP) is 3.81. The largest absolute Gasteiger partial charge is 0.450 e. The van der Waals surface area contributed by atoms with Crippen LogP contribution in [0.1, 0.15) is 50.7 Å². The van der Waals surface area contributed by atoms with Gasteiger partial charge >= 0.3 is 5.97 Å². The number of hydrogen-bond donors (Lipinski definition) is 1. The van der Waals surface area contributed by atoms with E-state index in [1.807, 2.05) is 13.0 Å². The second kappa shape index (κ2) is 8.67. The monoisotopic (exact) mass is 409 g/mol. The lowest BCUT2D eigenvalue weighted by atomic mass is 10.1. The van der Waals surface area contributed by atoms with E-state index in [9.17, 15) is 18.0 Å². The molecule has 0 bridgehead atoms. The number of Topliss-reactive ketones (excluding diaryl/α,β-unsaturated/α-hetero) is 1. The van der Waals surface area contributed by atoms with Crippen molar-refractivity contribution in [2.45, 2.75) is 39.7 Å². The fraction of sp³-hybridized carbons (Fsp3) is 0.368. The van der Waals surface area contributed by atoms with E-state index in [1.165, 1.54) is 42.5 Å². The average Bonchev–Trinajstić information content (AvgIpc) is 2.95. The summed E-state index contributed by atoms with van der Waals surface area (Å²) in [7, 11) is -3.38. The molecule has 1 N–H and O–H groups in total. The summed E-state index contributed by atoms with van der Waals surface area (Å²) < 4.78 is 30.1. The molecule has 0 aliphatic heterocycles. The summed E-state index contributed by atoms with van der Waals surface area (Å²) in [5.41, 5.74) is 1.82. The van der Waals surface area contributed by atoms with E-state index < -0.39 is 22.1 Å². The van der Waals surface area contributed by atoms with Crippen LogP contribution in [0.2, 0.25) is 0 Å². The van der Waals surface area contributed by atoms with Gasteiger partial charge in [-0.25, -0.2) is 13.2 Å². The number of benzene rings is 1. The quantitative estimate of drug-likeness (QED) is 0.529. The summed E-state index contributed by atoms with van der Waals surface area (Å²) in [4.78, 5) is 26.4. The second-order valence-electron chi connectivity index (χ2n) is 6.31. The maximum Gasteiger partial charge on any atom is 0.349 e. The summed E-state index contributed by atoms with van der Waals surface area (Å²) >= 11 is 1.37. The normalized spacial score (nSPS) is 12.4. The third-order valence-electron chi connectivity index (χ3n) is 3.87. The van der Waals surface area contributed by atoms with Crippen molar-refractivity contribution >= 4 is 38.8 Å². The summed E-state index contributed by atoms with van der Waals surface area (Å²) in [5, 5.41) is 0. The molecule has 0 amide bonds. The molecule has 0 unspecified atom stereocenters. The first-order chi connectivity index (χ1) is 12.6. The number of carbonyl (C=O) groups excluding carboxylic acids is 2. The number of hydrogen-bond acceptors (Lipinski definition) is 6. The van der Waals surface area contributed by atoms with E-state index in [1.54, 1.807) is 0 Å². The van der Waals surface area contributed by atoms with Crippen molar-refractivity contribution in [3.63, 3.8) is 0 Å². The number of esters is 1. The Bertz CT molecular complexity index is 930. The van der Waals surface area contributed by atoms with Crippen LogP contribution in [0.3, 0.4) is 0 Å². The van der Waals surface area contributed by atoms with Gasteiger partial charge in [-0.1, -0.05) is 13.3 Å². The number of ketones is 1. The molecule has 8 heteroatoms. The van der Waals surface area contributed by atoms with Gasteiger partial charge in [-0.3, -0.25) is 9.52 Å². The van der Waals surface area contributed by atoms with Gasteiger partial charge in [0.25, 0.3) is 0 Å². The van der Waals surface area contributed by atoms with Crippen LogP contribution in [0, 0.1) is 6.92 Å². The SMILES string of the molecule is CCCc1cc(C(=O)O[C@H](C)C(=O)c2ccc(NS(C)(=O)=O)cc2)sc1C. The minimum absolute atomic E-state index is 0.336. The molecule has 0 aliphatic carbocycles. The fourth-order valence-electron chi connectivity index (χ4n) is 2.56. The van der Waals surface area contributed by atoms with Crippen LogP contribution in [-0.4, -0.2) is 32.5 Å². The number of ether oxygens (including phenoxy) is 1. The van der Waals surface area contributed by atoms with E-state index in [-0.39, 0.29) is 5.78 Å². The Morgan fingerprint density at radius 2 is 1.85 bits per heavy atom. The van der Waals surface area contributed by atoms with Crippen LogP contribution in [0.4, 0.5) is 5.69 Å². The lowest BCUT2D eigenvalue weighted by Crippen LogP contribution is -2.24. The van der Waals surface area contributed by atoms with E-state index in [0.29, 0.717) is 16.1 Å². The van der Waals surface area contributed by atoms with Gasteiger partial charge in [0.15, 0.2) is 6.10 Å². The lowest BCUT2D eigenvalue weighted by molar-refractivity contribution is 0.0323. The van der Waals surface area contributed by atoms with Crippen molar-refractivity contribution in [2.75, 3.05) is 11.0 Å². The van der Waals surface area contributed by atoms with Crippen LogP contribution in [0.5, 0.6) is 0 Å². The van der Waals surface area contributed by atoms with Crippen LogP contribution >= 0.6 is 11.3 Å². The summed E-state index contributed by atoms with van der Waals surface area (Å²) in [5.74, 6) is -0.863. The summed E-state index contributed by atoms with van der Waals surface area (Å²) in [6, 6.07) is 7.79. The van der Waals surface area contributed by atoms with Crippen molar-refractivity contribution in [3.8, 4) is 0 Å². The first-order valence-corrected chi connectivity index (χ1v) is 11.2. The third-order valence-corrected chi connectivity index (χ3v) is 5.55. The molecule has 146 valence electrons. The molecule has 1 aromatic carbocycles. The predicted molar refractivity (Wildman–Crippen MR) is 107 cm³/mol. The van der Waals surface area contributed by atoms with Gasteiger partial charge < -0.3 is 4.74 Å². The molecule has 2 aromatic rings. The number of thiophene rings is 1. The van der Waals surface area contributed by atoms with Gasteiger partial charge in [-0.05, 0) is 56.2 Å². The minimum atomic E-state index is -3.38. The summed E-state index contributed by atoms with van der Waals surface area (Å²) in [6.45, 7) is 5.57. The second-order valence-corrected chi connectivity index (χ2v) is 9.31. The first kappa shape index (κ1) is 21.1. The number of carbonyl (C=O) groups is 2. The molecule has 0 radical (unpaired) electrons. The molecule has 0 spiro atoms. The van der Waals surface area contributed by atoms with Gasteiger partial charge in [0, 0.05) is 16.1 Å². The maximum atomic E-state index is 12.5. The molecule has 0 saturated carbocycles. The Kier molecular flexibility index (Phi) is 6.78. The molecule has 6 nitrogen and oxygen atoms in total. The number of anilines is 1. The molecule has 1 atom stereocenters. The number of sulfonamides is 1. The van der Waals surface area contributed by atoms with Crippen LogP contribution < -0.4 is 4.72 Å². The standard InChI is InChI=1S/C19H23NO5S2/c1-5-6-15-11-17(26-13(15)3)19(22)25-12(2)18(21)14-7-9-16(10-8-14)20-27(4,23)24/h7-12,20H,5-6H2,1-4H3/t12-/m1/s1. The molecule has 0 fully saturated rings. The smallest absolute Gasteiger partial charge is 0.349 e. The van der Waals surface area contributed by atoms with Gasteiger partial charge in [0.1, 0.15) is 4.88 Å². The molecular weight excluding hydrogens is 386 g/mol. The Hall–Kier alpha value is -2.19. The maximum absolute atomic E-state index is 12.5. The van der Waals surface area contributed by atoms with Gasteiger partial charge in [-0.15, -0.1) is 11.3 Å². The van der Waals surface area contributed by atoms with Gasteiger partial charge in [0.2, 0.25) is 15.8 Å². The molecule has 2 rings (SSSR count). The number of aryl methyl sites for hydroxylation is 2. The highest BCUT2D eigenvalue weighted by atomic mass is 32.2. The zero-order chi connectivity index (χ0) is 20.2. The molecule has 0 saturated heterocycles. The molecule has 1 aromatic heterocycles.